The molecule has 2 N–H and O–H groups in total. The number of carbonyl (C=O) groups excluding carboxylic acids is 1. The van der Waals surface area contributed by atoms with Crippen LogP contribution >= 0.6 is 0 Å². The molecule has 0 aromatic rings. The maximum absolute atomic E-state index is 12.1. The van der Waals surface area contributed by atoms with Crippen LogP contribution in [0.5, 0.6) is 0 Å². The smallest absolute Gasteiger partial charge is 0.180 e. The van der Waals surface area contributed by atoms with Crippen molar-refractivity contribution in [3.8, 4) is 0 Å². The molecule has 4 nitrogen and oxygen atoms in total. The predicted molar refractivity (Wildman–Crippen MR) is 87.3 cm³/mol. The van der Waals surface area contributed by atoms with Crippen molar-refractivity contribution >= 4 is 11.5 Å². The molecule has 4 heteroatoms. The Labute approximate surface area is 138 Å². The van der Waals surface area contributed by atoms with Crippen molar-refractivity contribution < 1.29 is 15.1 Å². The maximum atomic E-state index is 12.1. The van der Waals surface area contributed by atoms with E-state index in [2.05, 4.69) is 19.0 Å². The van der Waals surface area contributed by atoms with Gasteiger partial charge in [-0.2, -0.15) is 0 Å². The number of oxime groups is 1. The number of hydrogen-bond donors (Lipinski definition) is 2. The summed E-state index contributed by atoms with van der Waals surface area (Å²) in [5.41, 5.74) is 0.583. The van der Waals surface area contributed by atoms with Gasteiger partial charge in [-0.15, -0.1) is 0 Å². The van der Waals surface area contributed by atoms with E-state index in [0.717, 1.165) is 32.1 Å². The topological polar surface area (TPSA) is 69.9 Å². The van der Waals surface area contributed by atoms with Gasteiger partial charge in [-0.3, -0.25) is 4.79 Å². The third kappa shape index (κ3) is 2.00. The second kappa shape index (κ2) is 5.05. The van der Waals surface area contributed by atoms with Crippen LogP contribution in [0.1, 0.15) is 65.2 Å². The molecule has 4 rings (SSSR count). The number of Topliss-reactive ketones (excluding diaryl/α,β-unsaturated/α-hetero) is 1. The molecule has 128 valence electrons. The molecule has 0 radical (unpaired) electrons. The largest absolute Gasteiger partial charge is 0.411 e. The summed E-state index contributed by atoms with van der Waals surface area (Å²) in [5, 5.41) is 23.0. The van der Waals surface area contributed by atoms with Gasteiger partial charge in [0.2, 0.25) is 0 Å². The summed E-state index contributed by atoms with van der Waals surface area (Å²) in [7, 11) is 0. The summed E-state index contributed by atoms with van der Waals surface area (Å²) >= 11 is 0. The van der Waals surface area contributed by atoms with E-state index in [0.29, 0.717) is 42.2 Å². The van der Waals surface area contributed by atoms with Crippen molar-refractivity contribution in [1.29, 1.82) is 0 Å². The van der Waals surface area contributed by atoms with Crippen LogP contribution in [0.25, 0.3) is 0 Å². The van der Waals surface area contributed by atoms with Crippen molar-refractivity contribution in [2.24, 2.45) is 39.7 Å². The van der Waals surface area contributed by atoms with Crippen LogP contribution in [0, 0.1) is 34.5 Å². The average molecular weight is 319 g/mol. The molecule has 0 amide bonds. The molecule has 0 saturated heterocycles. The lowest BCUT2D eigenvalue weighted by Gasteiger charge is -2.59. The van der Waals surface area contributed by atoms with Crippen LogP contribution in [-0.2, 0) is 4.79 Å². The zero-order chi connectivity index (χ0) is 16.4. The second-order valence-corrected chi connectivity index (χ2v) is 9.15. The standard InChI is InChI=1S/C19H29NO3/c1-18-8-7-14-12(13(18)5-6-17(18)22)4-3-11-9-16(21)15(20-23)10-19(11,14)2/h11-14,17,22-23H,3-10H2,1-2H3/b20-15-. The quantitative estimate of drug-likeness (QED) is 0.531. The number of carbonyl (C=O) groups is 1. The number of hydrogen-bond acceptors (Lipinski definition) is 4. The van der Waals surface area contributed by atoms with Crippen molar-refractivity contribution in [3.05, 3.63) is 0 Å². The summed E-state index contributed by atoms with van der Waals surface area (Å²) in [6.07, 6.45) is 7.73. The van der Waals surface area contributed by atoms with E-state index in [1.54, 1.807) is 0 Å². The van der Waals surface area contributed by atoms with Crippen LogP contribution in [0.3, 0.4) is 0 Å². The number of ketones is 1. The Bertz CT molecular complexity index is 559. The first-order valence-corrected chi connectivity index (χ1v) is 9.32. The third-order valence-corrected chi connectivity index (χ3v) is 8.44. The number of fused-ring (bicyclic) bond motifs is 5. The van der Waals surface area contributed by atoms with Crippen molar-refractivity contribution in [2.75, 3.05) is 0 Å². The lowest BCUT2D eigenvalue weighted by molar-refractivity contribution is -0.129. The first-order valence-electron chi connectivity index (χ1n) is 9.32. The number of nitrogens with zero attached hydrogens (tertiary/aromatic N) is 1. The minimum absolute atomic E-state index is 0.0466. The van der Waals surface area contributed by atoms with Gasteiger partial charge in [0.25, 0.3) is 0 Å². The predicted octanol–water partition coefficient (Wildman–Crippen LogP) is 3.40. The molecule has 0 aliphatic heterocycles. The van der Waals surface area contributed by atoms with E-state index < -0.39 is 0 Å². The molecule has 4 fully saturated rings. The minimum Gasteiger partial charge on any atom is -0.411 e. The van der Waals surface area contributed by atoms with Gasteiger partial charge in [-0.05, 0) is 73.0 Å². The molecule has 7 atom stereocenters. The first-order chi connectivity index (χ1) is 10.9. The van der Waals surface area contributed by atoms with Gasteiger partial charge in [0.15, 0.2) is 5.78 Å². The Hall–Kier alpha value is -0.900. The number of rotatable bonds is 0. The van der Waals surface area contributed by atoms with Gasteiger partial charge >= 0.3 is 0 Å². The fourth-order valence-corrected chi connectivity index (χ4v) is 7.01. The number of aliphatic hydroxyl groups excluding tert-OH is 1. The highest BCUT2D eigenvalue weighted by molar-refractivity contribution is 6.40. The van der Waals surface area contributed by atoms with E-state index in [4.69, 9.17) is 0 Å². The van der Waals surface area contributed by atoms with Gasteiger partial charge < -0.3 is 10.3 Å². The Morgan fingerprint density at radius 2 is 1.78 bits per heavy atom. The van der Waals surface area contributed by atoms with Crippen LogP contribution in [0.2, 0.25) is 0 Å². The third-order valence-electron chi connectivity index (χ3n) is 8.44. The summed E-state index contributed by atoms with van der Waals surface area (Å²) < 4.78 is 0. The normalized spacial score (nSPS) is 54.5. The summed E-state index contributed by atoms with van der Waals surface area (Å²) in [6, 6.07) is 0. The van der Waals surface area contributed by atoms with Crippen molar-refractivity contribution in [2.45, 2.75) is 71.3 Å². The minimum atomic E-state index is -0.138. The van der Waals surface area contributed by atoms with E-state index in [-0.39, 0.29) is 22.7 Å². The maximum Gasteiger partial charge on any atom is 0.180 e. The average Bonchev–Trinajstić information content (AvgIpc) is 2.83. The molecule has 7 unspecified atom stereocenters. The molecule has 4 saturated carbocycles. The van der Waals surface area contributed by atoms with Crippen molar-refractivity contribution in [1.82, 2.24) is 0 Å². The number of aliphatic hydroxyl groups is 1. The van der Waals surface area contributed by atoms with E-state index in [9.17, 15) is 15.1 Å². The Kier molecular flexibility index (Phi) is 3.43. The fraction of sp³-hybridized carbons (Fsp3) is 0.895. The summed E-state index contributed by atoms with van der Waals surface area (Å²) in [5.74, 6) is 2.39. The summed E-state index contributed by atoms with van der Waals surface area (Å²) in [4.78, 5) is 12.1. The fourth-order valence-electron chi connectivity index (χ4n) is 7.01. The summed E-state index contributed by atoms with van der Waals surface area (Å²) in [6.45, 7) is 4.63. The molecule has 0 bridgehead atoms. The highest BCUT2D eigenvalue weighted by atomic mass is 16.4. The first kappa shape index (κ1) is 15.6. The van der Waals surface area contributed by atoms with Gasteiger partial charge in [-0.25, -0.2) is 0 Å². The Morgan fingerprint density at radius 1 is 1.04 bits per heavy atom. The van der Waals surface area contributed by atoms with Gasteiger partial charge in [0.1, 0.15) is 5.71 Å². The van der Waals surface area contributed by atoms with E-state index in [1.165, 1.54) is 6.42 Å². The van der Waals surface area contributed by atoms with Gasteiger partial charge in [0.05, 0.1) is 6.10 Å². The van der Waals surface area contributed by atoms with Crippen LogP contribution in [0.4, 0.5) is 0 Å². The van der Waals surface area contributed by atoms with Crippen LogP contribution in [-0.4, -0.2) is 27.9 Å². The highest BCUT2D eigenvalue weighted by Crippen LogP contribution is 2.65. The second-order valence-electron chi connectivity index (χ2n) is 9.15. The molecule has 4 aliphatic carbocycles. The van der Waals surface area contributed by atoms with Crippen LogP contribution < -0.4 is 0 Å². The van der Waals surface area contributed by atoms with Gasteiger partial charge in [-0.1, -0.05) is 19.0 Å². The lowest BCUT2D eigenvalue weighted by atomic mass is 9.45. The lowest BCUT2D eigenvalue weighted by Crippen LogP contribution is -2.55. The van der Waals surface area contributed by atoms with Crippen molar-refractivity contribution in [3.63, 3.8) is 0 Å². The Balaban J connectivity index is 1.66. The zero-order valence-electron chi connectivity index (χ0n) is 14.3. The Morgan fingerprint density at radius 3 is 2.52 bits per heavy atom. The molecule has 0 aromatic carbocycles. The molecule has 0 spiro atoms. The van der Waals surface area contributed by atoms with Gasteiger partial charge in [0, 0.05) is 12.8 Å². The highest BCUT2D eigenvalue weighted by Gasteiger charge is 2.60. The van der Waals surface area contributed by atoms with E-state index in [1.807, 2.05) is 0 Å². The molecule has 0 aromatic heterocycles. The molecule has 4 aliphatic rings. The van der Waals surface area contributed by atoms with E-state index >= 15 is 0 Å². The molecular formula is C19H29NO3. The molecular weight excluding hydrogens is 290 g/mol. The zero-order valence-corrected chi connectivity index (χ0v) is 14.3. The van der Waals surface area contributed by atoms with Crippen LogP contribution in [0.15, 0.2) is 5.16 Å². The SMILES string of the molecule is CC12CCC3C(CCC4CC(=O)/C(=N\O)CC43C)C1CCC2O. The molecule has 23 heavy (non-hydrogen) atoms. The molecule has 0 heterocycles. The monoisotopic (exact) mass is 319 g/mol.